The van der Waals surface area contributed by atoms with E-state index >= 15 is 0 Å². The molecule has 80 valence electrons. The van der Waals surface area contributed by atoms with Gasteiger partial charge in [0.15, 0.2) is 5.90 Å². The van der Waals surface area contributed by atoms with Crippen LogP contribution >= 0.6 is 0 Å². The van der Waals surface area contributed by atoms with Gasteiger partial charge in [-0.1, -0.05) is 12.7 Å². The van der Waals surface area contributed by atoms with E-state index in [1.807, 2.05) is 0 Å². The van der Waals surface area contributed by atoms with Crippen molar-refractivity contribution in [2.45, 2.75) is 6.92 Å². The van der Waals surface area contributed by atoms with Gasteiger partial charge in [0, 0.05) is 6.92 Å². The van der Waals surface area contributed by atoms with Crippen molar-refractivity contribution in [1.29, 1.82) is 0 Å². The van der Waals surface area contributed by atoms with Crippen molar-refractivity contribution < 1.29 is 14.3 Å². The zero-order valence-electron chi connectivity index (χ0n) is 8.82. The van der Waals surface area contributed by atoms with E-state index in [4.69, 9.17) is 4.74 Å². The van der Waals surface area contributed by atoms with Gasteiger partial charge in [0.05, 0.1) is 19.2 Å². The number of esters is 1. The highest BCUT2D eigenvalue weighted by Crippen LogP contribution is 2.08. The Balaban J connectivity index is 2.94. The summed E-state index contributed by atoms with van der Waals surface area (Å²) < 4.78 is 9.84. The number of ether oxygens (including phenoxy) is 2. The zero-order chi connectivity index (χ0) is 11.3. The SMILES string of the molecule is C=C1/C=C(C(=O)OC)\C=C/CN=C(C)O1. The molecule has 4 heteroatoms. The Bertz CT molecular complexity index is 364. The second-order valence-electron chi connectivity index (χ2n) is 2.92. The van der Waals surface area contributed by atoms with Crippen LogP contribution < -0.4 is 0 Å². The topological polar surface area (TPSA) is 47.9 Å². The van der Waals surface area contributed by atoms with E-state index in [2.05, 4.69) is 16.3 Å². The molecular weight excluding hydrogens is 194 g/mol. The minimum Gasteiger partial charge on any atom is -0.465 e. The Morgan fingerprint density at radius 1 is 1.67 bits per heavy atom. The quantitative estimate of drug-likeness (QED) is 0.613. The van der Waals surface area contributed by atoms with E-state index in [1.165, 1.54) is 13.2 Å². The zero-order valence-corrected chi connectivity index (χ0v) is 8.82. The summed E-state index contributed by atoms with van der Waals surface area (Å²) in [5.74, 6) is 0.464. The number of hydrogen-bond donors (Lipinski definition) is 0. The lowest BCUT2D eigenvalue weighted by Gasteiger charge is -2.03. The minimum atomic E-state index is -0.421. The standard InChI is InChI=1S/C11H13NO3/c1-8-7-10(11(13)14-3)5-4-6-12-9(2)15-8/h4-5,7H,1,6H2,2-3H3/b5-4-,10-7+,12-9?. The van der Waals surface area contributed by atoms with E-state index in [9.17, 15) is 4.79 Å². The summed E-state index contributed by atoms with van der Waals surface area (Å²) in [4.78, 5) is 15.4. The number of nitrogens with zero attached hydrogens (tertiary/aromatic N) is 1. The second-order valence-corrected chi connectivity index (χ2v) is 2.92. The summed E-state index contributed by atoms with van der Waals surface area (Å²) in [5, 5.41) is 0. The van der Waals surface area contributed by atoms with E-state index in [0.717, 1.165) is 0 Å². The maximum atomic E-state index is 11.3. The van der Waals surface area contributed by atoms with Gasteiger partial charge in [-0.3, -0.25) is 4.99 Å². The van der Waals surface area contributed by atoms with Crippen LogP contribution in [0.4, 0.5) is 0 Å². The van der Waals surface area contributed by atoms with Crippen molar-refractivity contribution in [3.8, 4) is 0 Å². The highest BCUT2D eigenvalue weighted by molar-refractivity contribution is 5.92. The maximum absolute atomic E-state index is 11.3. The van der Waals surface area contributed by atoms with Crippen molar-refractivity contribution in [1.82, 2.24) is 0 Å². The monoisotopic (exact) mass is 207 g/mol. The molecule has 1 aliphatic rings. The lowest BCUT2D eigenvalue weighted by Crippen LogP contribution is -2.04. The molecule has 0 bridgehead atoms. The third kappa shape index (κ3) is 3.42. The molecule has 4 nitrogen and oxygen atoms in total. The van der Waals surface area contributed by atoms with Crippen LogP contribution in [0.3, 0.4) is 0 Å². The smallest absolute Gasteiger partial charge is 0.337 e. The number of allylic oxidation sites excluding steroid dienone is 1. The summed E-state index contributed by atoms with van der Waals surface area (Å²) >= 11 is 0. The molecule has 1 aliphatic heterocycles. The number of carbonyl (C=O) groups is 1. The summed E-state index contributed by atoms with van der Waals surface area (Å²) in [6, 6.07) is 0. The van der Waals surface area contributed by atoms with Crippen LogP contribution in [0.1, 0.15) is 6.92 Å². The molecule has 0 spiro atoms. The van der Waals surface area contributed by atoms with Crippen molar-refractivity contribution in [3.05, 3.63) is 36.1 Å². The lowest BCUT2D eigenvalue weighted by atomic mass is 10.2. The highest BCUT2D eigenvalue weighted by Gasteiger charge is 2.08. The number of rotatable bonds is 1. The van der Waals surface area contributed by atoms with Crippen LogP contribution in [0.2, 0.25) is 0 Å². The van der Waals surface area contributed by atoms with Crippen LogP contribution in [-0.4, -0.2) is 25.5 Å². The van der Waals surface area contributed by atoms with Crippen LogP contribution in [0.15, 0.2) is 41.1 Å². The van der Waals surface area contributed by atoms with Crippen molar-refractivity contribution in [2.24, 2.45) is 4.99 Å². The van der Waals surface area contributed by atoms with Gasteiger partial charge < -0.3 is 9.47 Å². The van der Waals surface area contributed by atoms with Crippen molar-refractivity contribution in [2.75, 3.05) is 13.7 Å². The van der Waals surface area contributed by atoms with Gasteiger partial charge in [-0.15, -0.1) is 0 Å². The molecular formula is C11H13NO3. The molecule has 0 atom stereocenters. The Labute approximate surface area is 88.6 Å². The minimum absolute atomic E-state index is 0.364. The maximum Gasteiger partial charge on any atom is 0.337 e. The molecule has 0 amide bonds. The molecule has 0 fully saturated rings. The van der Waals surface area contributed by atoms with Crippen molar-refractivity contribution >= 4 is 11.9 Å². The van der Waals surface area contributed by atoms with Crippen LogP contribution in [-0.2, 0) is 14.3 Å². The first-order valence-corrected chi connectivity index (χ1v) is 4.48. The summed E-state index contributed by atoms with van der Waals surface area (Å²) in [6.45, 7) is 5.85. The molecule has 1 rings (SSSR count). The largest absolute Gasteiger partial charge is 0.465 e. The molecule has 1 heterocycles. The number of carbonyl (C=O) groups excluding carboxylic acids is 1. The fourth-order valence-corrected chi connectivity index (χ4v) is 1.08. The van der Waals surface area contributed by atoms with Gasteiger partial charge in [0.1, 0.15) is 5.76 Å². The molecule has 0 N–H and O–H groups in total. The Hall–Kier alpha value is -1.84. The summed E-state index contributed by atoms with van der Waals surface area (Å²) in [5.41, 5.74) is 0.396. The molecule has 0 aromatic heterocycles. The molecule has 0 aliphatic carbocycles. The average Bonchev–Trinajstić information content (AvgIpc) is 2.27. The molecule has 0 radical (unpaired) electrons. The predicted octanol–water partition coefficient (Wildman–Crippen LogP) is 1.60. The fourth-order valence-electron chi connectivity index (χ4n) is 1.08. The number of aliphatic imine (C=N–C) groups is 1. The predicted molar refractivity (Wildman–Crippen MR) is 57.4 cm³/mol. The van der Waals surface area contributed by atoms with E-state index < -0.39 is 5.97 Å². The lowest BCUT2D eigenvalue weighted by molar-refractivity contribution is -0.135. The first-order chi connectivity index (χ1) is 7.13. The average molecular weight is 207 g/mol. The normalized spacial score (nSPS) is 22.1. The van der Waals surface area contributed by atoms with Gasteiger partial charge in [-0.2, -0.15) is 0 Å². The van der Waals surface area contributed by atoms with E-state index in [1.54, 1.807) is 19.1 Å². The number of hydrogen-bond acceptors (Lipinski definition) is 4. The third-order valence-corrected chi connectivity index (χ3v) is 1.73. The van der Waals surface area contributed by atoms with Crippen LogP contribution in [0.25, 0.3) is 0 Å². The Morgan fingerprint density at radius 2 is 2.40 bits per heavy atom. The van der Waals surface area contributed by atoms with Gasteiger partial charge in [-0.05, 0) is 12.2 Å². The van der Waals surface area contributed by atoms with Gasteiger partial charge in [-0.25, -0.2) is 4.79 Å². The van der Waals surface area contributed by atoms with Crippen LogP contribution in [0, 0.1) is 0 Å². The molecule has 0 saturated heterocycles. The first-order valence-electron chi connectivity index (χ1n) is 4.48. The second kappa shape index (κ2) is 5.14. The summed E-state index contributed by atoms with van der Waals surface area (Å²) in [6.07, 6.45) is 4.92. The third-order valence-electron chi connectivity index (χ3n) is 1.73. The molecule has 0 aromatic rings. The first kappa shape index (κ1) is 11.2. The fraction of sp³-hybridized carbons (Fsp3) is 0.273. The number of methoxy groups -OCH3 is 1. The van der Waals surface area contributed by atoms with E-state index in [0.29, 0.717) is 23.8 Å². The molecule has 0 aromatic carbocycles. The molecule has 0 saturated carbocycles. The van der Waals surface area contributed by atoms with E-state index in [-0.39, 0.29) is 0 Å². The highest BCUT2D eigenvalue weighted by atomic mass is 16.5. The van der Waals surface area contributed by atoms with Gasteiger partial charge in [0.2, 0.25) is 0 Å². The Morgan fingerprint density at radius 3 is 3.07 bits per heavy atom. The van der Waals surface area contributed by atoms with Gasteiger partial charge >= 0.3 is 5.97 Å². The molecule has 0 unspecified atom stereocenters. The Kier molecular flexibility index (Phi) is 3.85. The van der Waals surface area contributed by atoms with Crippen molar-refractivity contribution in [3.63, 3.8) is 0 Å². The van der Waals surface area contributed by atoms with Crippen LogP contribution in [0.5, 0.6) is 0 Å². The summed E-state index contributed by atoms with van der Waals surface area (Å²) in [7, 11) is 1.33. The van der Waals surface area contributed by atoms with Gasteiger partial charge in [0.25, 0.3) is 0 Å². The molecule has 15 heavy (non-hydrogen) atoms.